The van der Waals surface area contributed by atoms with Gasteiger partial charge in [0.1, 0.15) is 12.4 Å². The van der Waals surface area contributed by atoms with E-state index in [2.05, 4.69) is 4.90 Å². The Bertz CT molecular complexity index is 968. The van der Waals surface area contributed by atoms with Crippen LogP contribution in [0.5, 0.6) is 5.75 Å². The SMILES string of the molecule is O=C(O)CCN1CCC(c2ccc(COc3ccc(C4CCCCC4)c(C(F)(F)F)c3)cc2)C1. The van der Waals surface area contributed by atoms with Crippen molar-refractivity contribution in [3.63, 3.8) is 0 Å². The monoisotopic (exact) mass is 475 g/mol. The van der Waals surface area contributed by atoms with Crippen LogP contribution in [0.2, 0.25) is 0 Å². The first kappa shape index (κ1) is 24.6. The van der Waals surface area contributed by atoms with Gasteiger partial charge in [0.15, 0.2) is 0 Å². The Hall–Kier alpha value is -2.54. The van der Waals surface area contributed by atoms with Crippen LogP contribution in [-0.4, -0.2) is 35.6 Å². The quantitative estimate of drug-likeness (QED) is 0.468. The summed E-state index contributed by atoms with van der Waals surface area (Å²) in [7, 11) is 0. The lowest BCUT2D eigenvalue weighted by Crippen LogP contribution is -2.23. The number of carboxylic acids is 1. The summed E-state index contributed by atoms with van der Waals surface area (Å²) < 4.78 is 47.0. The second-order valence-electron chi connectivity index (χ2n) is 9.54. The van der Waals surface area contributed by atoms with Crippen LogP contribution in [0.3, 0.4) is 0 Å². The molecule has 0 aromatic heterocycles. The molecule has 2 aromatic rings. The van der Waals surface area contributed by atoms with E-state index in [1.807, 2.05) is 24.3 Å². The molecule has 1 N–H and O–H groups in total. The molecule has 2 aliphatic rings. The van der Waals surface area contributed by atoms with Crippen molar-refractivity contribution in [2.45, 2.75) is 69.6 Å². The van der Waals surface area contributed by atoms with E-state index in [0.717, 1.165) is 63.2 Å². The Kier molecular flexibility index (Phi) is 7.81. The summed E-state index contributed by atoms with van der Waals surface area (Å²) in [6, 6.07) is 12.4. The number of carboxylic acid groups (broad SMARTS) is 1. The number of hydrogen-bond acceptors (Lipinski definition) is 3. The average molecular weight is 476 g/mol. The zero-order valence-electron chi connectivity index (χ0n) is 19.3. The van der Waals surface area contributed by atoms with Gasteiger partial charge in [-0.05, 0) is 66.5 Å². The lowest BCUT2D eigenvalue weighted by molar-refractivity contribution is -0.139. The lowest BCUT2D eigenvalue weighted by atomic mass is 9.82. The average Bonchev–Trinajstić information content (AvgIpc) is 3.31. The minimum absolute atomic E-state index is 0.0254. The number of aliphatic carboxylic acids is 1. The fourth-order valence-electron chi connectivity index (χ4n) is 5.25. The number of rotatable bonds is 8. The van der Waals surface area contributed by atoms with Gasteiger partial charge in [0.05, 0.1) is 12.0 Å². The molecule has 1 aliphatic heterocycles. The number of likely N-dealkylation sites (tertiary alicyclic amines) is 1. The van der Waals surface area contributed by atoms with Crippen molar-refractivity contribution < 1.29 is 27.8 Å². The van der Waals surface area contributed by atoms with Crippen LogP contribution >= 0.6 is 0 Å². The lowest BCUT2D eigenvalue weighted by Gasteiger charge is -2.25. The van der Waals surface area contributed by atoms with Crippen molar-refractivity contribution in [2.24, 2.45) is 0 Å². The van der Waals surface area contributed by atoms with Gasteiger partial charge in [-0.15, -0.1) is 0 Å². The highest BCUT2D eigenvalue weighted by Gasteiger charge is 2.36. The number of halogens is 3. The van der Waals surface area contributed by atoms with Gasteiger partial charge in [-0.25, -0.2) is 0 Å². The smallest absolute Gasteiger partial charge is 0.416 e. The maximum absolute atomic E-state index is 13.8. The predicted molar refractivity (Wildman–Crippen MR) is 124 cm³/mol. The maximum Gasteiger partial charge on any atom is 0.416 e. The molecule has 1 heterocycles. The van der Waals surface area contributed by atoms with Gasteiger partial charge in [-0.3, -0.25) is 4.79 Å². The standard InChI is InChI=1S/C27H32F3NO3/c28-27(29,30)25-16-23(10-11-24(25)21-4-2-1-3-5-21)34-18-19-6-8-20(9-7-19)22-12-14-31(17-22)15-13-26(32)33/h6-11,16,21-22H,1-5,12-15,17-18H2,(H,32,33). The number of benzene rings is 2. The maximum atomic E-state index is 13.8. The van der Waals surface area contributed by atoms with E-state index in [9.17, 15) is 18.0 Å². The Morgan fingerprint density at radius 3 is 2.41 bits per heavy atom. The van der Waals surface area contributed by atoms with E-state index in [-0.39, 0.29) is 24.7 Å². The number of ether oxygens (including phenoxy) is 1. The van der Waals surface area contributed by atoms with Crippen LogP contribution in [-0.2, 0) is 17.6 Å². The van der Waals surface area contributed by atoms with Crippen molar-refractivity contribution in [2.75, 3.05) is 19.6 Å². The number of alkyl halides is 3. The molecule has 2 fully saturated rings. The highest BCUT2D eigenvalue weighted by molar-refractivity contribution is 5.66. The molecule has 4 nitrogen and oxygen atoms in total. The Morgan fingerprint density at radius 1 is 1.00 bits per heavy atom. The van der Waals surface area contributed by atoms with Gasteiger partial charge in [0.2, 0.25) is 0 Å². The highest BCUT2D eigenvalue weighted by Crippen LogP contribution is 2.42. The van der Waals surface area contributed by atoms with Crippen LogP contribution in [0.4, 0.5) is 13.2 Å². The summed E-state index contributed by atoms with van der Waals surface area (Å²) in [4.78, 5) is 12.9. The molecule has 7 heteroatoms. The summed E-state index contributed by atoms with van der Waals surface area (Å²) in [5, 5.41) is 8.85. The molecular formula is C27H32F3NO3. The van der Waals surface area contributed by atoms with Gasteiger partial charge >= 0.3 is 12.1 Å². The van der Waals surface area contributed by atoms with Crippen LogP contribution in [0, 0.1) is 0 Å². The number of nitrogens with zero attached hydrogens (tertiary/aromatic N) is 1. The number of hydrogen-bond donors (Lipinski definition) is 1. The summed E-state index contributed by atoms with van der Waals surface area (Å²) in [6.45, 7) is 2.50. The molecule has 4 rings (SSSR count). The van der Waals surface area contributed by atoms with E-state index in [1.165, 1.54) is 5.56 Å². The molecule has 1 aliphatic carbocycles. The molecule has 1 atom stereocenters. The summed E-state index contributed by atoms with van der Waals surface area (Å²) in [5.41, 5.74) is 1.92. The molecule has 1 unspecified atom stereocenters. The molecule has 0 radical (unpaired) electrons. The fraction of sp³-hybridized carbons (Fsp3) is 0.519. The van der Waals surface area contributed by atoms with Crippen molar-refractivity contribution in [1.29, 1.82) is 0 Å². The van der Waals surface area contributed by atoms with Crippen LogP contribution in [0.1, 0.15) is 79.0 Å². The molecule has 0 bridgehead atoms. The van der Waals surface area contributed by atoms with Gasteiger partial charge < -0.3 is 14.7 Å². The first-order valence-corrected chi connectivity index (χ1v) is 12.2. The van der Waals surface area contributed by atoms with Gasteiger partial charge in [0, 0.05) is 13.1 Å². The normalized spacial score (nSPS) is 19.9. The van der Waals surface area contributed by atoms with Crippen molar-refractivity contribution in [3.8, 4) is 5.75 Å². The van der Waals surface area contributed by atoms with Crippen LogP contribution in [0.25, 0.3) is 0 Å². The third-order valence-corrected chi connectivity index (χ3v) is 7.15. The van der Waals surface area contributed by atoms with Crippen LogP contribution < -0.4 is 4.74 Å². The Morgan fingerprint density at radius 2 is 1.74 bits per heavy atom. The van der Waals surface area contributed by atoms with Gasteiger partial charge in [-0.1, -0.05) is 49.6 Å². The zero-order chi connectivity index (χ0) is 24.1. The van der Waals surface area contributed by atoms with E-state index in [1.54, 1.807) is 12.1 Å². The van der Waals surface area contributed by atoms with Crippen molar-refractivity contribution in [3.05, 3.63) is 64.7 Å². The molecular weight excluding hydrogens is 443 g/mol. The van der Waals surface area contributed by atoms with E-state index in [0.29, 0.717) is 18.0 Å². The van der Waals surface area contributed by atoms with E-state index in [4.69, 9.17) is 9.84 Å². The predicted octanol–water partition coefficient (Wildman–Crippen LogP) is 6.60. The molecule has 0 spiro atoms. The largest absolute Gasteiger partial charge is 0.489 e. The summed E-state index contributed by atoms with van der Waals surface area (Å²) >= 11 is 0. The third kappa shape index (κ3) is 6.32. The van der Waals surface area contributed by atoms with E-state index < -0.39 is 17.7 Å². The molecule has 1 saturated carbocycles. The van der Waals surface area contributed by atoms with E-state index >= 15 is 0 Å². The molecule has 2 aromatic carbocycles. The van der Waals surface area contributed by atoms with Crippen molar-refractivity contribution >= 4 is 5.97 Å². The first-order valence-electron chi connectivity index (χ1n) is 12.2. The summed E-state index contributed by atoms with van der Waals surface area (Å²) in [5.74, 6) is -0.201. The minimum atomic E-state index is -4.40. The first-order chi connectivity index (χ1) is 16.3. The van der Waals surface area contributed by atoms with Gasteiger partial charge in [0.25, 0.3) is 0 Å². The molecule has 1 saturated heterocycles. The second kappa shape index (κ2) is 10.8. The number of carbonyl (C=O) groups is 1. The highest BCUT2D eigenvalue weighted by atomic mass is 19.4. The molecule has 184 valence electrons. The summed E-state index contributed by atoms with van der Waals surface area (Å²) in [6.07, 6.45) is 1.44. The Balaban J connectivity index is 1.36. The third-order valence-electron chi connectivity index (χ3n) is 7.15. The Labute approximate surface area is 198 Å². The zero-order valence-corrected chi connectivity index (χ0v) is 19.3. The topological polar surface area (TPSA) is 49.8 Å². The molecule has 0 amide bonds. The minimum Gasteiger partial charge on any atom is -0.489 e. The molecule has 34 heavy (non-hydrogen) atoms. The van der Waals surface area contributed by atoms with Crippen LogP contribution in [0.15, 0.2) is 42.5 Å². The van der Waals surface area contributed by atoms with Gasteiger partial charge in [-0.2, -0.15) is 13.2 Å². The second-order valence-corrected chi connectivity index (χ2v) is 9.54. The fourth-order valence-corrected chi connectivity index (χ4v) is 5.25. The van der Waals surface area contributed by atoms with Crippen molar-refractivity contribution in [1.82, 2.24) is 4.90 Å².